The Morgan fingerprint density at radius 3 is 2.86 bits per heavy atom. The summed E-state index contributed by atoms with van der Waals surface area (Å²) in [6.07, 6.45) is 2.66. The van der Waals surface area contributed by atoms with Crippen LogP contribution in [-0.4, -0.2) is 47.9 Å². The number of carbonyl (C=O) groups excluding carboxylic acids is 1. The number of aromatic nitrogens is 1. The van der Waals surface area contributed by atoms with Crippen LogP contribution in [0.5, 0.6) is 0 Å². The zero-order valence-electron chi connectivity index (χ0n) is 14.1. The molecule has 0 unspecified atom stereocenters. The lowest BCUT2D eigenvalue weighted by Crippen LogP contribution is -2.54. The quantitative estimate of drug-likeness (QED) is 0.848. The number of aryl methyl sites for hydroxylation is 2. The molecule has 1 aromatic rings. The van der Waals surface area contributed by atoms with Gasteiger partial charge in [-0.1, -0.05) is 12.1 Å². The van der Waals surface area contributed by atoms with E-state index in [9.17, 15) is 4.79 Å². The van der Waals surface area contributed by atoms with E-state index in [-0.39, 0.29) is 11.6 Å². The molecule has 0 spiro atoms. The fraction of sp³-hybridized carbons (Fsp3) is 0.750. The van der Waals surface area contributed by atoms with Gasteiger partial charge in [-0.25, -0.2) is 4.79 Å². The number of carbonyl (C=O) groups is 1. The monoisotopic (exact) mass is 309 g/mol. The molecule has 6 heteroatoms. The summed E-state index contributed by atoms with van der Waals surface area (Å²) in [4.78, 5) is 14.1. The standard InChI is InChI=1S/C16H27N3O3/c1-5-16(4)11-19(9-10-21-16)15(20)17-8-6-7-14-12(2)18-22-13(14)3/h5-11H2,1-4H3,(H,17,20)/t16-/m0/s1. The largest absolute Gasteiger partial charge is 0.372 e. The van der Waals surface area contributed by atoms with E-state index in [1.165, 1.54) is 0 Å². The van der Waals surface area contributed by atoms with E-state index in [0.717, 1.165) is 36.3 Å². The third-order valence-electron chi connectivity index (χ3n) is 4.43. The predicted molar refractivity (Wildman–Crippen MR) is 83.9 cm³/mol. The Bertz CT molecular complexity index is 495. The maximum Gasteiger partial charge on any atom is 0.317 e. The summed E-state index contributed by atoms with van der Waals surface area (Å²) in [5.74, 6) is 0.871. The van der Waals surface area contributed by atoms with Crippen LogP contribution in [-0.2, 0) is 11.2 Å². The predicted octanol–water partition coefficient (Wildman–Crippen LogP) is 2.43. The summed E-state index contributed by atoms with van der Waals surface area (Å²) in [7, 11) is 0. The van der Waals surface area contributed by atoms with Gasteiger partial charge in [-0.05, 0) is 40.0 Å². The number of hydrogen-bond donors (Lipinski definition) is 1. The minimum atomic E-state index is -0.216. The maximum atomic E-state index is 12.2. The average molecular weight is 309 g/mol. The highest BCUT2D eigenvalue weighted by molar-refractivity contribution is 5.74. The molecular weight excluding hydrogens is 282 g/mol. The van der Waals surface area contributed by atoms with Crippen LogP contribution >= 0.6 is 0 Å². The van der Waals surface area contributed by atoms with Crippen molar-refractivity contribution in [3.05, 3.63) is 17.0 Å². The van der Waals surface area contributed by atoms with E-state index < -0.39 is 0 Å². The summed E-state index contributed by atoms with van der Waals surface area (Å²) in [5.41, 5.74) is 1.88. The minimum Gasteiger partial charge on any atom is -0.372 e. The molecule has 1 aliphatic heterocycles. The Labute approximate surface area is 132 Å². The molecule has 1 aromatic heterocycles. The first-order chi connectivity index (χ1) is 10.4. The number of urea groups is 1. The number of rotatable bonds is 5. The first-order valence-corrected chi connectivity index (χ1v) is 8.03. The molecular formula is C16H27N3O3. The van der Waals surface area contributed by atoms with Gasteiger partial charge in [-0.15, -0.1) is 0 Å². The van der Waals surface area contributed by atoms with Crippen molar-refractivity contribution in [2.45, 2.75) is 52.6 Å². The second-order valence-electron chi connectivity index (χ2n) is 6.21. The normalized spacial score (nSPS) is 21.9. The average Bonchev–Trinajstić information content (AvgIpc) is 2.82. The van der Waals surface area contributed by atoms with Gasteiger partial charge in [-0.3, -0.25) is 0 Å². The van der Waals surface area contributed by atoms with Gasteiger partial charge < -0.3 is 19.5 Å². The zero-order valence-corrected chi connectivity index (χ0v) is 14.1. The van der Waals surface area contributed by atoms with E-state index in [4.69, 9.17) is 9.26 Å². The third kappa shape index (κ3) is 4.00. The van der Waals surface area contributed by atoms with Crippen LogP contribution in [0.4, 0.5) is 4.79 Å². The molecule has 0 aromatic carbocycles. The highest BCUT2D eigenvalue weighted by Crippen LogP contribution is 2.21. The molecule has 0 aliphatic carbocycles. The molecule has 2 amide bonds. The number of amides is 2. The van der Waals surface area contributed by atoms with Gasteiger partial charge in [0.1, 0.15) is 5.76 Å². The molecule has 1 saturated heterocycles. The molecule has 2 heterocycles. The summed E-state index contributed by atoms with van der Waals surface area (Å²) in [6, 6.07) is 0.00161. The molecule has 1 N–H and O–H groups in total. The number of nitrogens with zero attached hydrogens (tertiary/aromatic N) is 2. The fourth-order valence-corrected chi connectivity index (χ4v) is 2.75. The molecule has 0 bridgehead atoms. The van der Waals surface area contributed by atoms with Crippen LogP contribution < -0.4 is 5.32 Å². The topological polar surface area (TPSA) is 67.6 Å². The molecule has 1 aliphatic rings. The molecule has 124 valence electrons. The molecule has 2 rings (SSSR count). The lowest BCUT2D eigenvalue weighted by atomic mass is 10.0. The Morgan fingerprint density at radius 2 is 2.23 bits per heavy atom. The molecule has 22 heavy (non-hydrogen) atoms. The van der Waals surface area contributed by atoms with E-state index in [0.29, 0.717) is 26.2 Å². The van der Waals surface area contributed by atoms with Crippen LogP contribution in [0, 0.1) is 13.8 Å². The second kappa shape index (κ2) is 7.13. The van der Waals surface area contributed by atoms with Crippen molar-refractivity contribution >= 4 is 6.03 Å². The number of hydrogen-bond acceptors (Lipinski definition) is 4. The van der Waals surface area contributed by atoms with Gasteiger partial charge >= 0.3 is 6.03 Å². The first-order valence-electron chi connectivity index (χ1n) is 8.03. The van der Waals surface area contributed by atoms with Gasteiger partial charge in [0, 0.05) is 18.7 Å². The fourth-order valence-electron chi connectivity index (χ4n) is 2.75. The van der Waals surface area contributed by atoms with Gasteiger partial charge in [0.2, 0.25) is 0 Å². The van der Waals surface area contributed by atoms with Crippen LogP contribution in [0.1, 0.15) is 43.7 Å². The maximum absolute atomic E-state index is 12.2. The van der Waals surface area contributed by atoms with E-state index in [1.54, 1.807) is 0 Å². The smallest absolute Gasteiger partial charge is 0.317 e. The van der Waals surface area contributed by atoms with E-state index in [1.807, 2.05) is 18.7 Å². The van der Waals surface area contributed by atoms with Crippen molar-refractivity contribution in [3.8, 4) is 0 Å². The van der Waals surface area contributed by atoms with Crippen LogP contribution in [0.3, 0.4) is 0 Å². The summed E-state index contributed by atoms with van der Waals surface area (Å²) < 4.78 is 10.9. The van der Waals surface area contributed by atoms with Gasteiger partial charge in [0.15, 0.2) is 0 Å². The molecule has 6 nitrogen and oxygen atoms in total. The Balaban J connectivity index is 1.74. The Kier molecular flexibility index (Phi) is 5.45. The third-order valence-corrected chi connectivity index (χ3v) is 4.43. The summed E-state index contributed by atoms with van der Waals surface area (Å²) in [6.45, 7) is 10.6. The van der Waals surface area contributed by atoms with E-state index in [2.05, 4.69) is 24.3 Å². The number of morpholine rings is 1. The molecule has 1 fully saturated rings. The highest BCUT2D eigenvalue weighted by atomic mass is 16.5. The SMILES string of the molecule is CC[C@@]1(C)CN(C(=O)NCCCc2c(C)noc2C)CCO1. The van der Waals surface area contributed by atoms with Crippen LogP contribution in [0.2, 0.25) is 0 Å². The molecule has 1 atom stereocenters. The van der Waals surface area contributed by atoms with Crippen molar-refractivity contribution in [3.63, 3.8) is 0 Å². The zero-order chi connectivity index (χ0) is 16.2. The van der Waals surface area contributed by atoms with Crippen molar-refractivity contribution in [1.29, 1.82) is 0 Å². The second-order valence-corrected chi connectivity index (χ2v) is 6.21. The summed E-state index contributed by atoms with van der Waals surface area (Å²) >= 11 is 0. The first kappa shape index (κ1) is 16.8. The van der Waals surface area contributed by atoms with Crippen molar-refractivity contribution in [2.24, 2.45) is 0 Å². The van der Waals surface area contributed by atoms with E-state index >= 15 is 0 Å². The highest BCUT2D eigenvalue weighted by Gasteiger charge is 2.32. The number of nitrogens with one attached hydrogen (secondary N) is 1. The van der Waals surface area contributed by atoms with Crippen molar-refractivity contribution < 1.29 is 14.1 Å². The van der Waals surface area contributed by atoms with Crippen molar-refractivity contribution in [2.75, 3.05) is 26.2 Å². The lowest BCUT2D eigenvalue weighted by Gasteiger charge is -2.39. The summed E-state index contributed by atoms with van der Waals surface area (Å²) in [5, 5.41) is 6.94. The lowest BCUT2D eigenvalue weighted by molar-refractivity contribution is -0.0872. The Hall–Kier alpha value is -1.56. The van der Waals surface area contributed by atoms with Gasteiger partial charge in [0.05, 0.1) is 24.4 Å². The van der Waals surface area contributed by atoms with Gasteiger partial charge in [0.25, 0.3) is 0 Å². The van der Waals surface area contributed by atoms with Crippen LogP contribution in [0.15, 0.2) is 4.52 Å². The van der Waals surface area contributed by atoms with Crippen molar-refractivity contribution in [1.82, 2.24) is 15.4 Å². The number of ether oxygens (including phenoxy) is 1. The molecule has 0 saturated carbocycles. The van der Waals surface area contributed by atoms with Crippen LogP contribution in [0.25, 0.3) is 0 Å². The molecule has 0 radical (unpaired) electrons. The Morgan fingerprint density at radius 1 is 1.45 bits per heavy atom. The minimum absolute atomic E-state index is 0.00161. The van der Waals surface area contributed by atoms with Gasteiger partial charge in [-0.2, -0.15) is 0 Å².